The number of nitrogens with one attached hydrogen (secondary N) is 1. The Labute approximate surface area is 202 Å². The van der Waals surface area contributed by atoms with Crippen molar-refractivity contribution in [2.24, 2.45) is 0 Å². The molecule has 9 heteroatoms. The molecule has 2 heterocycles. The summed E-state index contributed by atoms with van der Waals surface area (Å²) in [6.45, 7) is 4.34. The lowest BCUT2D eigenvalue weighted by atomic mass is 10.1. The van der Waals surface area contributed by atoms with Crippen molar-refractivity contribution >= 4 is 29.3 Å². The number of carbonyl (C=O) groups is 2. The second kappa shape index (κ2) is 10.4. The number of nitrogens with zero attached hydrogens (tertiary/aromatic N) is 4. The molecule has 4 aromatic rings. The quantitative estimate of drug-likeness (QED) is 0.385. The van der Waals surface area contributed by atoms with Gasteiger partial charge < -0.3 is 14.6 Å². The van der Waals surface area contributed by atoms with Crippen molar-refractivity contribution in [2.45, 2.75) is 25.5 Å². The van der Waals surface area contributed by atoms with Crippen LogP contribution in [0.15, 0.2) is 76.8 Å². The molecule has 8 nitrogen and oxygen atoms in total. The van der Waals surface area contributed by atoms with Crippen LogP contribution < -0.4 is 10.2 Å². The molecule has 2 aromatic heterocycles. The summed E-state index contributed by atoms with van der Waals surface area (Å²) >= 11 is 1.30. The Kier molecular flexibility index (Phi) is 7.12. The summed E-state index contributed by atoms with van der Waals surface area (Å²) in [7, 11) is 1.66. The van der Waals surface area contributed by atoms with Crippen LogP contribution in [-0.2, 0) is 11.3 Å². The number of carbonyl (C=O) groups excluding carboxylic acids is 2. The molecule has 0 bridgehead atoms. The zero-order valence-electron chi connectivity index (χ0n) is 19.2. The smallest absolute Gasteiger partial charge is 0.253 e. The first-order valence-electron chi connectivity index (χ1n) is 10.7. The van der Waals surface area contributed by atoms with Crippen molar-refractivity contribution in [1.29, 1.82) is 0 Å². The van der Waals surface area contributed by atoms with Crippen molar-refractivity contribution in [3.8, 4) is 5.69 Å². The van der Waals surface area contributed by atoms with E-state index in [1.54, 1.807) is 56.0 Å². The van der Waals surface area contributed by atoms with Crippen LogP contribution in [0.25, 0.3) is 5.69 Å². The van der Waals surface area contributed by atoms with Gasteiger partial charge in [-0.05, 0) is 49.7 Å². The average Bonchev–Trinajstić information content (AvgIpc) is 3.53. The van der Waals surface area contributed by atoms with E-state index < -0.39 is 0 Å². The number of furan rings is 1. The maximum absolute atomic E-state index is 13.0. The summed E-state index contributed by atoms with van der Waals surface area (Å²) in [6, 6.07) is 16.7. The third kappa shape index (κ3) is 5.20. The minimum absolute atomic E-state index is 0.141. The SMILES string of the molecule is Cc1ccc(-n2cnnc2SCC(=O)N(C)c2ccccc2C(=O)NCc2ccco2)c(C)c1. The highest BCUT2D eigenvalue weighted by molar-refractivity contribution is 7.99. The van der Waals surface area contributed by atoms with Crippen LogP contribution in [0.2, 0.25) is 0 Å². The summed E-state index contributed by atoms with van der Waals surface area (Å²) in [5, 5.41) is 11.7. The van der Waals surface area contributed by atoms with Gasteiger partial charge in [-0.2, -0.15) is 0 Å². The topological polar surface area (TPSA) is 93.3 Å². The van der Waals surface area contributed by atoms with Gasteiger partial charge in [0.1, 0.15) is 12.1 Å². The number of thioether (sulfide) groups is 1. The molecule has 174 valence electrons. The largest absolute Gasteiger partial charge is 0.467 e. The Hall–Kier alpha value is -3.85. The molecule has 0 saturated heterocycles. The first-order valence-corrected chi connectivity index (χ1v) is 11.7. The highest BCUT2D eigenvalue weighted by atomic mass is 32.2. The fraction of sp³-hybridized carbons (Fsp3) is 0.200. The minimum Gasteiger partial charge on any atom is -0.467 e. The fourth-order valence-electron chi connectivity index (χ4n) is 3.56. The molecular formula is C25H25N5O3S. The Morgan fingerprint density at radius 2 is 1.94 bits per heavy atom. The summed E-state index contributed by atoms with van der Waals surface area (Å²) in [4.78, 5) is 27.3. The molecule has 0 aliphatic heterocycles. The van der Waals surface area contributed by atoms with E-state index in [9.17, 15) is 9.59 Å². The van der Waals surface area contributed by atoms with E-state index in [2.05, 4.69) is 21.6 Å². The molecule has 2 amide bonds. The predicted octanol–water partition coefficient (Wildman–Crippen LogP) is 4.16. The van der Waals surface area contributed by atoms with Gasteiger partial charge in [-0.15, -0.1) is 10.2 Å². The van der Waals surface area contributed by atoms with E-state index >= 15 is 0 Å². The second-order valence-electron chi connectivity index (χ2n) is 7.79. The van der Waals surface area contributed by atoms with Crippen LogP contribution in [0, 0.1) is 13.8 Å². The normalized spacial score (nSPS) is 10.8. The van der Waals surface area contributed by atoms with Gasteiger partial charge >= 0.3 is 0 Å². The molecule has 1 N–H and O–H groups in total. The van der Waals surface area contributed by atoms with Gasteiger partial charge in [0.2, 0.25) is 5.91 Å². The minimum atomic E-state index is -0.283. The van der Waals surface area contributed by atoms with E-state index in [0.717, 1.165) is 11.3 Å². The molecule has 34 heavy (non-hydrogen) atoms. The number of amides is 2. The lowest BCUT2D eigenvalue weighted by molar-refractivity contribution is -0.115. The number of anilines is 1. The lowest BCUT2D eigenvalue weighted by Crippen LogP contribution is -2.31. The van der Waals surface area contributed by atoms with Crippen LogP contribution >= 0.6 is 11.8 Å². The average molecular weight is 476 g/mol. The lowest BCUT2D eigenvalue weighted by Gasteiger charge is -2.20. The van der Waals surface area contributed by atoms with E-state index in [4.69, 9.17) is 4.42 Å². The predicted molar refractivity (Wildman–Crippen MR) is 131 cm³/mol. The monoisotopic (exact) mass is 475 g/mol. The van der Waals surface area contributed by atoms with Crippen molar-refractivity contribution in [2.75, 3.05) is 17.7 Å². The molecule has 0 fully saturated rings. The first-order chi connectivity index (χ1) is 16.4. The second-order valence-corrected chi connectivity index (χ2v) is 8.74. The van der Waals surface area contributed by atoms with E-state index in [1.165, 1.54) is 22.2 Å². The summed E-state index contributed by atoms with van der Waals surface area (Å²) in [5.74, 6) is 0.350. The molecular weight excluding hydrogens is 450 g/mol. The third-order valence-corrected chi connectivity index (χ3v) is 6.27. The Morgan fingerprint density at radius 3 is 2.71 bits per heavy atom. The maximum Gasteiger partial charge on any atom is 0.253 e. The van der Waals surface area contributed by atoms with Crippen LogP contribution in [0.1, 0.15) is 27.2 Å². The van der Waals surface area contributed by atoms with Crippen molar-refractivity contribution in [3.05, 3.63) is 89.6 Å². The molecule has 0 spiro atoms. The summed E-state index contributed by atoms with van der Waals surface area (Å²) in [5.41, 5.74) is 4.18. The van der Waals surface area contributed by atoms with Crippen molar-refractivity contribution < 1.29 is 14.0 Å². The van der Waals surface area contributed by atoms with E-state index in [0.29, 0.717) is 22.2 Å². The number of para-hydroxylation sites is 1. The number of aryl methyl sites for hydroxylation is 2. The highest BCUT2D eigenvalue weighted by Crippen LogP contribution is 2.25. The van der Waals surface area contributed by atoms with Gasteiger partial charge in [-0.3, -0.25) is 14.2 Å². The van der Waals surface area contributed by atoms with Gasteiger partial charge in [0.25, 0.3) is 5.91 Å². The van der Waals surface area contributed by atoms with Crippen molar-refractivity contribution in [3.63, 3.8) is 0 Å². The first kappa shape index (κ1) is 23.3. The van der Waals surface area contributed by atoms with Gasteiger partial charge in [-0.25, -0.2) is 0 Å². The molecule has 4 rings (SSSR count). The number of benzene rings is 2. The van der Waals surface area contributed by atoms with Crippen LogP contribution in [-0.4, -0.2) is 39.4 Å². The number of hydrogen-bond donors (Lipinski definition) is 1. The number of aromatic nitrogens is 3. The third-order valence-electron chi connectivity index (χ3n) is 5.34. The zero-order valence-corrected chi connectivity index (χ0v) is 20.0. The molecule has 0 aliphatic carbocycles. The molecule has 0 unspecified atom stereocenters. The summed E-state index contributed by atoms with van der Waals surface area (Å²) < 4.78 is 7.14. The maximum atomic E-state index is 13.0. The highest BCUT2D eigenvalue weighted by Gasteiger charge is 2.20. The fourth-order valence-corrected chi connectivity index (χ4v) is 4.39. The van der Waals surface area contributed by atoms with Crippen LogP contribution in [0.5, 0.6) is 0 Å². The Morgan fingerprint density at radius 1 is 1.12 bits per heavy atom. The molecule has 2 aromatic carbocycles. The van der Waals surface area contributed by atoms with Gasteiger partial charge in [0.05, 0.1) is 35.5 Å². The van der Waals surface area contributed by atoms with Crippen LogP contribution in [0.3, 0.4) is 0 Å². The molecule has 0 aliphatic rings. The van der Waals surface area contributed by atoms with Gasteiger partial charge in [0, 0.05) is 7.05 Å². The Bertz CT molecular complexity index is 1300. The van der Waals surface area contributed by atoms with Gasteiger partial charge in [-0.1, -0.05) is 41.6 Å². The zero-order chi connectivity index (χ0) is 24.1. The summed E-state index contributed by atoms with van der Waals surface area (Å²) in [6.07, 6.45) is 3.20. The van der Waals surface area contributed by atoms with E-state index in [1.807, 2.05) is 30.5 Å². The van der Waals surface area contributed by atoms with Crippen molar-refractivity contribution in [1.82, 2.24) is 20.1 Å². The van der Waals surface area contributed by atoms with E-state index in [-0.39, 0.29) is 24.1 Å². The standard InChI is InChI=1S/C25H25N5O3S/c1-17-10-11-21(18(2)13-17)30-16-27-28-25(30)34-15-23(31)29(3)22-9-5-4-8-20(22)24(32)26-14-19-7-6-12-33-19/h4-13,16H,14-15H2,1-3H3,(H,26,32). The van der Waals surface area contributed by atoms with Crippen LogP contribution in [0.4, 0.5) is 5.69 Å². The van der Waals surface area contributed by atoms with Gasteiger partial charge in [0.15, 0.2) is 5.16 Å². The molecule has 0 saturated carbocycles. The molecule has 0 radical (unpaired) electrons. The Balaban J connectivity index is 1.44. The molecule has 0 atom stereocenters. The number of hydrogen-bond acceptors (Lipinski definition) is 6. The number of rotatable bonds is 8.